The Bertz CT molecular complexity index is 519. The zero-order valence-corrected chi connectivity index (χ0v) is 10.2. The van der Waals surface area contributed by atoms with Crippen molar-refractivity contribution in [3.63, 3.8) is 0 Å². The Kier molecular flexibility index (Phi) is 3.19. The van der Waals surface area contributed by atoms with Crippen molar-refractivity contribution in [3.05, 3.63) is 28.8 Å². The number of hydrogen-bond donors (Lipinski definition) is 1. The number of carbonyl (C=O) groups is 1. The molecular weight excluding hydrogens is 220 g/mol. The molecule has 0 aliphatic rings. The molecule has 1 heterocycles. The van der Waals surface area contributed by atoms with E-state index >= 15 is 0 Å². The first-order valence-electron chi connectivity index (χ1n) is 5.36. The molecule has 1 aromatic heterocycles. The summed E-state index contributed by atoms with van der Waals surface area (Å²) in [6, 6.07) is 5.66. The number of aromatic nitrogens is 1. The fraction of sp³-hybridized carbons (Fsp3) is 0.333. The van der Waals surface area contributed by atoms with Crippen molar-refractivity contribution in [3.8, 4) is 0 Å². The highest BCUT2D eigenvalue weighted by molar-refractivity contribution is 7.18. The molecule has 1 aromatic carbocycles. The van der Waals surface area contributed by atoms with Gasteiger partial charge >= 0.3 is 0 Å². The van der Waals surface area contributed by atoms with Crippen LogP contribution in [0.25, 0.3) is 10.2 Å². The van der Waals surface area contributed by atoms with Crippen LogP contribution in [0, 0.1) is 6.92 Å². The number of thiazole rings is 1. The van der Waals surface area contributed by atoms with Crippen LogP contribution in [0.1, 0.15) is 28.7 Å². The van der Waals surface area contributed by atoms with Gasteiger partial charge in [0.25, 0.3) is 5.91 Å². The minimum atomic E-state index is -0.0191. The van der Waals surface area contributed by atoms with Crippen molar-refractivity contribution in [1.82, 2.24) is 10.3 Å². The molecule has 0 aliphatic heterocycles. The summed E-state index contributed by atoms with van der Waals surface area (Å²) in [6.45, 7) is 4.72. The van der Waals surface area contributed by atoms with E-state index in [-0.39, 0.29) is 5.91 Å². The summed E-state index contributed by atoms with van der Waals surface area (Å²) in [7, 11) is 0. The Labute approximate surface area is 98.5 Å². The summed E-state index contributed by atoms with van der Waals surface area (Å²) in [6.07, 6.45) is 0.948. The van der Waals surface area contributed by atoms with Crippen LogP contribution in [-0.4, -0.2) is 17.4 Å². The standard InChI is InChI=1S/C12H14N2OS/c1-3-6-13-12(15)9-4-5-11-10(7-9)14-8(2)16-11/h4-5,7H,3,6H2,1-2H3,(H,13,15). The SMILES string of the molecule is CCCNC(=O)c1ccc2sc(C)nc2c1. The number of nitrogens with zero attached hydrogens (tertiary/aromatic N) is 1. The zero-order valence-electron chi connectivity index (χ0n) is 9.41. The van der Waals surface area contributed by atoms with Crippen LogP contribution in [0.5, 0.6) is 0 Å². The molecule has 16 heavy (non-hydrogen) atoms. The van der Waals surface area contributed by atoms with E-state index in [2.05, 4.69) is 10.3 Å². The first-order valence-corrected chi connectivity index (χ1v) is 6.17. The second-order valence-electron chi connectivity index (χ2n) is 3.67. The zero-order chi connectivity index (χ0) is 11.5. The number of amides is 1. The third-order valence-corrected chi connectivity index (χ3v) is 3.24. The van der Waals surface area contributed by atoms with Crippen molar-refractivity contribution in [2.45, 2.75) is 20.3 Å². The Balaban J connectivity index is 2.28. The molecule has 1 N–H and O–H groups in total. The predicted molar refractivity (Wildman–Crippen MR) is 67.0 cm³/mol. The molecule has 0 aliphatic carbocycles. The van der Waals surface area contributed by atoms with Gasteiger partial charge in [-0.15, -0.1) is 11.3 Å². The average Bonchev–Trinajstić information content (AvgIpc) is 2.64. The lowest BCUT2D eigenvalue weighted by atomic mass is 10.2. The molecule has 3 nitrogen and oxygen atoms in total. The molecular formula is C12H14N2OS. The van der Waals surface area contributed by atoms with Crippen LogP contribution in [0.2, 0.25) is 0 Å². The molecule has 4 heteroatoms. The van der Waals surface area contributed by atoms with E-state index < -0.39 is 0 Å². The van der Waals surface area contributed by atoms with Gasteiger partial charge in [0.05, 0.1) is 15.2 Å². The Hall–Kier alpha value is -1.42. The molecule has 0 fully saturated rings. The Morgan fingerprint density at radius 3 is 3.06 bits per heavy atom. The first kappa shape index (κ1) is 11.1. The number of aryl methyl sites for hydroxylation is 1. The largest absolute Gasteiger partial charge is 0.352 e. The van der Waals surface area contributed by atoms with Gasteiger partial charge in [0, 0.05) is 12.1 Å². The fourth-order valence-electron chi connectivity index (χ4n) is 1.52. The van der Waals surface area contributed by atoms with Crippen LogP contribution in [-0.2, 0) is 0 Å². The van der Waals surface area contributed by atoms with Crippen molar-refractivity contribution in [2.24, 2.45) is 0 Å². The lowest BCUT2D eigenvalue weighted by molar-refractivity contribution is 0.0954. The smallest absolute Gasteiger partial charge is 0.251 e. The Morgan fingerprint density at radius 2 is 2.31 bits per heavy atom. The minimum Gasteiger partial charge on any atom is -0.352 e. The van der Waals surface area contributed by atoms with E-state index in [1.54, 1.807) is 11.3 Å². The molecule has 0 saturated carbocycles. The fourth-order valence-corrected chi connectivity index (χ4v) is 2.33. The number of fused-ring (bicyclic) bond motifs is 1. The normalized spacial score (nSPS) is 10.6. The van der Waals surface area contributed by atoms with E-state index in [0.717, 1.165) is 21.6 Å². The third-order valence-electron chi connectivity index (χ3n) is 2.29. The summed E-state index contributed by atoms with van der Waals surface area (Å²) in [5.74, 6) is -0.0191. The summed E-state index contributed by atoms with van der Waals surface area (Å²) >= 11 is 1.65. The molecule has 84 valence electrons. The van der Waals surface area contributed by atoms with Gasteiger partial charge in [0.15, 0.2) is 0 Å². The molecule has 0 bridgehead atoms. The maximum Gasteiger partial charge on any atom is 0.251 e. The van der Waals surface area contributed by atoms with E-state index in [1.165, 1.54) is 0 Å². The molecule has 0 spiro atoms. The Morgan fingerprint density at radius 1 is 1.50 bits per heavy atom. The minimum absolute atomic E-state index is 0.0191. The topological polar surface area (TPSA) is 42.0 Å². The number of rotatable bonds is 3. The number of carbonyl (C=O) groups excluding carboxylic acids is 1. The van der Waals surface area contributed by atoms with Gasteiger partial charge in [-0.1, -0.05) is 6.92 Å². The number of benzene rings is 1. The van der Waals surface area contributed by atoms with Crippen LogP contribution < -0.4 is 5.32 Å². The predicted octanol–water partition coefficient (Wildman–Crippen LogP) is 2.74. The molecule has 2 aromatic rings. The summed E-state index contributed by atoms with van der Waals surface area (Å²) in [5.41, 5.74) is 1.60. The van der Waals surface area contributed by atoms with Gasteiger partial charge in [0.1, 0.15) is 0 Å². The summed E-state index contributed by atoms with van der Waals surface area (Å²) < 4.78 is 1.13. The van der Waals surface area contributed by atoms with Crippen molar-refractivity contribution < 1.29 is 4.79 Å². The van der Waals surface area contributed by atoms with Gasteiger partial charge in [-0.2, -0.15) is 0 Å². The van der Waals surface area contributed by atoms with Crippen LogP contribution in [0.15, 0.2) is 18.2 Å². The van der Waals surface area contributed by atoms with E-state index in [1.807, 2.05) is 32.0 Å². The number of hydrogen-bond acceptors (Lipinski definition) is 3. The highest BCUT2D eigenvalue weighted by Gasteiger charge is 2.07. The van der Waals surface area contributed by atoms with Crippen molar-refractivity contribution in [1.29, 1.82) is 0 Å². The molecule has 2 rings (SSSR count). The van der Waals surface area contributed by atoms with Gasteiger partial charge in [-0.05, 0) is 31.5 Å². The van der Waals surface area contributed by atoms with Crippen LogP contribution in [0.4, 0.5) is 0 Å². The maximum atomic E-state index is 11.7. The maximum absolute atomic E-state index is 11.7. The van der Waals surface area contributed by atoms with E-state index in [9.17, 15) is 4.79 Å². The highest BCUT2D eigenvalue weighted by Crippen LogP contribution is 2.22. The van der Waals surface area contributed by atoms with Gasteiger partial charge in [-0.25, -0.2) is 4.98 Å². The quantitative estimate of drug-likeness (QED) is 0.887. The first-order chi connectivity index (χ1) is 7.70. The summed E-state index contributed by atoms with van der Waals surface area (Å²) in [4.78, 5) is 16.1. The third kappa shape index (κ3) is 2.22. The second kappa shape index (κ2) is 4.61. The molecule has 1 amide bonds. The summed E-state index contributed by atoms with van der Waals surface area (Å²) in [5, 5.41) is 3.89. The van der Waals surface area contributed by atoms with Crippen molar-refractivity contribution >= 4 is 27.5 Å². The average molecular weight is 234 g/mol. The molecule has 0 atom stereocenters. The van der Waals surface area contributed by atoms with E-state index in [0.29, 0.717) is 12.1 Å². The monoisotopic (exact) mass is 234 g/mol. The van der Waals surface area contributed by atoms with E-state index in [4.69, 9.17) is 0 Å². The highest BCUT2D eigenvalue weighted by atomic mass is 32.1. The van der Waals surface area contributed by atoms with Gasteiger partial charge in [-0.3, -0.25) is 4.79 Å². The van der Waals surface area contributed by atoms with Gasteiger partial charge in [0.2, 0.25) is 0 Å². The number of nitrogens with one attached hydrogen (secondary N) is 1. The molecule has 0 radical (unpaired) electrons. The molecule has 0 saturated heterocycles. The second-order valence-corrected chi connectivity index (χ2v) is 4.91. The van der Waals surface area contributed by atoms with Crippen molar-refractivity contribution in [2.75, 3.05) is 6.54 Å². The lowest BCUT2D eigenvalue weighted by Crippen LogP contribution is -2.23. The molecule has 0 unspecified atom stereocenters. The van der Waals surface area contributed by atoms with Crippen LogP contribution in [0.3, 0.4) is 0 Å². The van der Waals surface area contributed by atoms with Crippen LogP contribution >= 0.6 is 11.3 Å². The lowest BCUT2D eigenvalue weighted by Gasteiger charge is -2.02. The van der Waals surface area contributed by atoms with Gasteiger partial charge < -0.3 is 5.32 Å².